The van der Waals surface area contributed by atoms with Gasteiger partial charge in [0.15, 0.2) is 0 Å². The SMILES string of the molecule is CCC1(C)C#[N+]1. The van der Waals surface area contributed by atoms with Gasteiger partial charge in [-0.25, -0.2) is 0 Å². The van der Waals surface area contributed by atoms with Crippen LogP contribution in [0.15, 0.2) is 0 Å². The number of hydrogen-bond donors (Lipinski definition) is 0. The topological polar surface area (TPSA) is 4.36 Å². The van der Waals surface area contributed by atoms with Crippen LogP contribution in [0.2, 0.25) is 0 Å². The molecule has 0 aromatic heterocycles. The molecule has 0 saturated carbocycles. The highest BCUT2D eigenvalue weighted by atomic mass is 14.9. The number of nitrogens with zero attached hydrogens (tertiary/aromatic N) is 1. The lowest BCUT2D eigenvalue weighted by molar-refractivity contribution is 0.743. The zero-order valence-corrected chi connectivity index (χ0v) is 4.15. The van der Waals surface area contributed by atoms with Gasteiger partial charge in [-0.3, -0.25) is 0 Å². The summed E-state index contributed by atoms with van der Waals surface area (Å²) in [5, 5.41) is 0. The summed E-state index contributed by atoms with van der Waals surface area (Å²) in [4.78, 5) is 3.90. The molecule has 1 unspecified atom stereocenters. The molecule has 1 heteroatoms. The van der Waals surface area contributed by atoms with Crippen molar-refractivity contribution < 1.29 is 0 Å². The van der Waals surface area contributed by atoms with Gasteiger partial charge in [0.25, 0.3) is 0 Å². The van der Waals surface area contributed by atoms with Gasteiger partial charge in [0.05, 0.1) is 0 Å². The Morgan fingerprint density at radius 1 is 1.83 bits per heavy atom. The average molecular weight is 82.1 g/mol. The molecule has 0 aliphatic carbocycles. The van der Waals surface area contributed by atoms with Crippen LogP contribution in [0, 0.1) is 6.07 Å². The van der Waals surface area contributed by atoms with Crippen molar-refractivity contribution in [1.29, 1.82) is 0 Å². The normalized spacial score (nSPS) is 37.7. The van der Waals surface area contributed by atoms with Crippen LogP contribution in [0.4, 0.5) is 0 Å². The van der Waals surface area contributed by atoms with E-state index in [4.69, 9.17) is 0 Å². The summed E-state index contributed by atoms with van der Waals surface area (Å²) in [7, 11) is 0. The van der Waals surface area contributed by atoms with Gasteiger partial charge in [-0.05, 0) is 4.85 Å². The van der Waals surface area contributed by atoms with Crippen LogP contribution < -0.4 is 0 Å². The average Bonchev–Trinajstić information content (AvgIpc) is 2.22. The quantitative estimate of drug-likeness (QED) is 0.451. The molecule has 6 heavy (non-hydrogen) atoms. The fourth-order valence-electron chi connectivity index (χ4n) is 0.254. The third-order valence-electron chi connectivity index (χ3n) is 1.18. The summed E-state index contributed by atoms with van der Waals surface area (Å²) in [5.41, 5.74) is 0.167. The van der Waals surface area contributed by atoms with Gasteiger partial charge in [-0.1, -0.05) is 6.92 Å². The standard InChI is InChI=1S/C5H8N/c1-3-5(2)4-6-5/h3H2,1-2H3/q+1. The molecule has 0 spiro atoms. The first-order valence-corrected chi connectivity index (χ1v) is 2.26. The molecular formula is C5H8N+. The molecular weight excluding hydrogens is 74.1 g/mol. The predicted molar refractivity (Wildman–Crippen MR) is 25.9 cm³/mol. The van der Waals surface area contributed by atoms with Gasteiger partial charge in [-0.2, -0.15) is 0 Å². The first-order valence-electron chi connectivity index (χ1n) is 2.26. The lowest BCUT2D eigenvalue weighted by atomic mass is 10.1. The molecule has 0 N–H and O–H groups in total. The van der Waals surface area contributed by atoms with Gasteiger partial charge in [0.2, 0.25) is 0 Å². The fourth-order valence-corrected chi connectivity index (χ4v) is 0.254. The Morgan fingerprint density at radius 2 is 2.33 bits per heavy atom. The molecule has 1 aliphatic heterocycles. The second-order valence-corrected chi connectivity index (χ2v) is 1.85. The van der Waals surface area contributed by atoms with Crippen molar-refractivity contribution >= 4 is 0 Å². The van der Waals surface area contributed by atoms with E-state index in [0.717, 1.165) is 6.42 Å². The third-order valence-corrected chi connectivity index (χ3v) is 1.18. The van der Waals surface area contributed by atoms with E-state index < -0.39 is 0 Å². The summed E-state index contributed by atoms with van der Waals surface area (Å²) in [6.45, 7) is 4.19. The zero-order chi connectivity index (χ0) is 4.62. The van der Waals surface area contributed by atoms with E-state index in [1.54, 1.807) is 0 Å². The third kappa shape index (κ3) is 0.386. The highest BCUT2D eigenvalue weighted by Gasteiger charge is 2.47. The Labute approximate surface area is 37.8 Å². The number of hydrogen-bond acceptors (Lipinski definition) is 0. The van der Waals surface area contributed by atoms with Crippen LogP contribution in [0.1, 0.15) is 20.3 Å². The molecule has 32 valence electrons. The van der Waals surface area contributed by atoms with Crippen LogP contribution in [-0.4, -0.2) is 5.54 Å². The van der Waals surface area contributed by atoms with Gasteiger partial charge < -0.3 is 0 Å². The highest BCUT2D eigenvalue weighted by Crippen LogP contribution is 2.23. The van der Waals surface area contributed by atoms with Crippen molar-refractivity contribution in [2.75, 3.05) is 0 Å². The Bertz CT molecular complexity index is 108. The van der Waals surface area contributed by atoms with E-state index in [1.165, 1.54) is 0 Å². The summed E-state index contributed by atoms with van der Waals surface area (Å²) in [5.74, 6) is 0. The van der Waals surface area contributed by atoms with Gasteiger partial charge in [-0.15, -0.1) is 0 Å². The van der Waals surface area contributed by atoms with Crippen LogP contribution in [0.25, 0.3) is 4.85 Å². The van der Waals surface area contributed by atoms with Gasteiger partial charge >= 0.3 is 11.6 Å². The van der Waals surface area contributed by atoms with E-state index >= 15 is 0 Å². The van der Waals surface area contributed by atoms with Crippen molar-refractivity contribution in [3.8, 4) is 6.07 Å². The van der Waals surface area contributed by atoms with Crippen molar-refractivity contribution in [2.24, 2.45) is 0 Å². The van der Waals surface area contributed by atoms with E-state index in [1.807, 2.05) is 0 Å². The van der Waals surface area contributed by atoms with Crippen LogP contribution in [0.5, 0.6) is 0 Å². The van der Waals surface area contributed by atoms with E-state index in [0.29, 0.717) is 0 Å². The first-order chi connectivity index (χ1) is 2.77. The van der Waals surface area contributed by atoms with E-state index in [9.17, 15) is 0 Å². The Kier molecular flexibility index (Phi) is 0.464. The van der Waals surface area contributed by atoms with E-state index in [2.05, 4.69) is 24.8 Å². The second-order valence-electron chi connectivity index (χ2n) is 1.85. The summed E-state index contributed by atoms with van der Waals surface area (Å²) in [6.07, 6.45) is 1.10. The molecule has 0 bridgehead atoms. The lowest BCUT2D eigenvalue weighted by Gasteiger charge is -1.77. The highest BCUT2D eigenvalue weighted by molar-refractivity contribution is 5.32. The maximum absolute atomic E-state index is 3.90. The Morgan fingerprint density at radius 3 is 2.33 bits per heavy atom. The minimum Gasteiger partial charge on any atom is -0.0561 e. The molecule has 1 heterocycles. The molecule has 0 aromatic carbocycles. The van der Waals surface area contributed by atoms with Crippen LogP contribution >= 0.6 is 0 Å². The Balaban J connectivity index is 2.34. The van der Waals surface area contributed by atoms with Crippen LogP contribution in [0.3, 0.4) is 0 Å². The Hall–Kier alpha value is -0.510. The molecule has 1 rings (SSSR count). The fraction of sp³-hybridized carbons (Fsp3) is 0.800. The lowest BCUT2D eigenvalue weighted by Crippen LogP contribution is -2.00. The summed E-state index contributed by atoms with van der Waals surface area (Å²) >= 11 is 0. The van der Waals surface area contributed by atoms with Crippen molar-refractivity contribution in [1.82, 2.24) is 0 Å². The molecule has 0 aromatic rings. The monoisotopic (exact) mass is 82.1 g/mol. The van der Waals surface area contributed by atoms with Crippen molar-refractivity contribution in [3.63, 3.8) is 0 Å². The molecule has 1 aliphatic rings. The minimum absolute atomic E-state index is 0.167. The largest absolute Gasteiger partial charge is 0.404 e. The molecule has 0 saturated heterocycles. The van der Waals surface area contributed by atoms with Crippen molar-refractivity contribution in [3.05, 3.63) is 4.85 Å². The van der Waals surface area contributed by atoms with E-state index in [-0.39, 0.29) is 5.54 Å². The first kappa shape index (κ1) is 3.67. The summed E-state index contributed by atoms with van der Waals surface area (Å²) < 4.78 is 0. The molecule has 0 amide bonds. The van der Waals surface area contributed by atoms with Crippen molar-refractivity contribution in [2.45, 2.75) is 25.8 Å². The minimum atomic E-state index is 0.167. The molecule has 0 radical (unpaired) electrons. The predicted octanol–water partition coefficient (Wildman–Crippen LogP) is 1.50. The number of rotatable bonds is 1. The van der Waals surface area contributed by atoms with Gasteiger partial charge in [0.1, 0.15) is 0 Å². The zero-order valence-electron chi connectivity index (χ0n) is 4.15. The molecule has 1 atom stereocenters. The second kappa shape index (κ2) is 0.759. The smallest absolute Gasteiger partial charge is 0.0561 e. The van der Waals surface area contributed by atoms with Gasteiger partial charge in [0, 0.05) is 13.3 Å². The maximum Gasteiger partial charge on any atom is 0.404 e. The maximum atomic E-state index is 3.90. The molecule has 1 nitrogen and oxygen atoms in total. The molecule has 0 fully saturated rings. The summed E-state index contributed by atoms with van der Waals surface area (Å²) in [6, 6.07) is 2.89. The van der Waals surface area contributed by atoms with Crippen LogP contribution in [-0.2, 0) is 0 Å².